The van der Waals surface area contributed by atoms with Crippen LogP contribution in [0.4, 0.5) is 5.69 Å². The van der Waals surface area contributed by atoms with Gasteiger partial charge in [0.05, 0.1) is 24.1 Å². The minimum absolute atomic E-state index is 0.0450. The van der Waals surface area contributed by atoms with Crippen LogP contribution in [-0.2, 0) is 14.8 Å². The van der Waals surface area contributed by atoms with E-state index in [0.717, 1.165) is 4.31 Å². The van der Waals surface area contributed by atoms with Crippen LogP contribution in [0.3, 0.4) is 0 Å². The molecule has 0 aromatic heterocycles. The van der Waals surface area contributed by atoms with Crippen LogP contribution in [0, 0.1) is 0 Å². The highest BCUT2D eigenvalue weighted by molar-refractivity contribution is 7.92. The van der Waals surface area contributed by atoms with Crippen LogP contribution in [-0.4, -0.2) is 40.8 Å². The van der Waals surface area contributed by atoms with Gasteiger partial charge in [0.1, 0.15) is 0 Å². The van der Waals surface area contributed by atoms with Crippen molar-refractivity contribution in [2.75, 3.05) is 30.8 Å². The van der Waals surface area contributed by atoms with Crippen molar-refractivity contribution in [3.05, 3.63) is 29.8 Å². The molecule has 2 N–H and O–H groups in total. The molecule has 0 saturated carbocycles. The van der Waals surface area contributed by atoms with Gasteiger partial charge >= 0.3 is 5.97 Å². The van der Waals surface area contributed by atoms with Crippen molar-refractivity contribution in [1.29, 1.82) is 0 Å². The zero-order valence-corrected chi connectivity index (χ0v) is 11.1. The van der Waals surface area contributed by atoms with Crippen molar-refractivity contribution in [1.82, 2.24) is 0 Å². The smallest absolute Gasteiger partial charge is 0.337 e. The average molecular weight is 272 g/mol. The van der Waals surface area contributed by atoms with Crippen molar-refractivity contribution in [2.24, 2.45) is 5.73 Å². The monoisotopic (exact) mass is 272 g/mol. The second kappa shape index (κ2) is 5.83. The molecule has 6 nitrogen and oxygen atoms in total. The van der Waals surface area contributed by atoms with E-state index >= 15 is 0 Å². The number of sulfonamides is 1. The maximum Gasteiger partial charge on any atom is 0.337 e. The highest BCUT2D eigenvalue weighted by atomic mass is 32.2. The van der Waals surface area contributed by atoms with Gasteiger partial charge in [-0.05, 0) is 18.2 Å². The van der Waals surface area contributed by atoms with Gasteiger partial charge in [-0.2, -0.15) is 0 Å². The van der Waals surface area contributed by atoms with E-state index in [1.807, 2.05) is 0 Å². The average Bonchev–Trinajstić information content (AvgIpc) is 2.37. The number of benzene rings is 1. The molecular formula is C11H16N2O4S. The third-order valence-corrected chi connectivity index (χ3v) is 4.22. The van der Waals surface area contributed by atoms with Gasteiger partial charge in [0.25, 0.3) is 0 Å². The Bertz CT molecular complexity index is 528. The molecule has 0 heterocycles. The molecule has 0 unspecified atom stereocenters. The predicted molar refractivity (Wildman–Crippen MR) is 69.0 cm³/mol. The van der Waals surface area contributed by atoms with Crippen LogP contribution < -0.4 is 10.0 Å². The Balaban J connectivity index is 3.07. The molecule has 0 aliphatic heterocycles. The number of ether oxygens (including phenoxy) is 1. The molecule has 0 atom stereocenters. The van der Waals surface area contributed by atoms with Crippen LogP contribution in [0.25, 0.3) is 0 Å². The molecule has 0 aliphatic rings. The highest BCUT2D eigenvalue weighted by Crippen LogP contribution is 2.18. The quantitative estimate of drug-likeness (QED) is 0.773. The Morgan fingerprint density at radius 3 is 2.67 bits per heavy atom. The van der Waals surface area contributed by atoms with Crippen LogP contribution in [0.5, 0.6) is 0 Å². The van der Waals surface area contributed by atoms with Gasteiger partial charge in [0, 0.05) is 13.6 Å². The first-order valence-corrected chi connectivity index (χ1v) is 6.88. The zero-order valence-electron chi connectivity index (χ0n) is 10.3. The molecule has 0 radical (unpaired) electrons. The van der Waals surface area contributed by atoms with Crippen molar-refractivity contribution in [3.63, 3.8) is 0 Å². The number of carbonyl (C=O) groups is 1. The fourth-order valence-corrected chi connectivity index (χ4v) is 2.40. The summed E-state index contributed by atoms with van der Waals surface area (Å²) < 4.78 is 29.3. The molecule has 0 saturated heterocycles. The minimum Gasteiger partial charge on any atom is -0.465 e. The predicted octanol–water partition coefficient (Wildman–Crippen LogP) is 0.198. The fourth-order valence-electron chi connectivity index (χ4n) is 1.39. The summed E-state index contributed by atoms with van der Waals surface area (Å²) in [5.74, 6) is -0.659. The Morgan fingerprint density at radius 1 is 1.44 bits per heavy atom. The molecule has 7 heteroatoms. The summed E-state index contributed by atoms with van der Waals surface area (Å²) in [7, 11) is -0.771. The summed E-state index contributed by atoms with van der Waals surface area (Å²) in [6.45, 7) is 0.0450. The number of hydrogen-bond donors (Lipinski definition) is 1. The second-order valence-corrected chi connectivity index (χ2v) is 5.73. The lowest BCUT2D eigenvalue weighted by atomic mass is 10.2. The summed E-state index contributed by atoms with van der Waals surface area (Å²) in [5.41, 5.74) is 5.94. The van der Waals surface area contributed by atoms with Gasteiger partial charge in [-0.3, -0.25) is 4.31 Å². The van der Waals surface area contributed by atoms with E-state index in [1.165, 1.54) is 20.2 Å². The SMILES string of the molecule is COC(=O)c1cccc(N(C)S(=O)(=O)CCN)c1. The molecule has 0 aliphatic carbocycles. The number of esters is 1. The van der Waals surface area contributed by atoms with Crippen molar-refractivity contribution >= 4 is 21.7 Å². The number of rotatable bonds is 5. The first-order valence-electron chi connectivity index (χ1n) is 5.27. The number of carbonyl (C=O) groups excluding carboxylic acids is 1. The van der Waals surface area contributed by atoms with Gasteiger partial charge in [0.2, 0.25) is 10.0 Å². The molecule has 100 valence electrons. The Hall–Kier alpha value is -1.60. The third-order valence-electron chi connectivity index (χ3n) is 2.42. The number of hydrogen-bond acceptors (Lipinski definition) is 5. The lowest BCUT2D eigenvalue weighted by molar-refractivity contribution is 0.0601. The lowest BCUT2D eigenvalue weighted by Crippen LogP contribution is -2.32. The number of methoxy groups -OCH3 is 1. The van der Waals surface area contributed by atoms with E-state index in [0.29, 0.717) is 11.3 Å². The van der Waals surface area contributed by atoms with Gasteiger partial charge in [0.15, 0.2) is 0 Å². The lowest BCUT2D eigenvalue weighted by Gasteiger charge is -2.19. The number of nitrogens with two attached hydrogens (primary N) is 1. The molecule has 1 aromatic rings. The van der Waals surface area contributed by atoms with Crippen LogP contribution in [0.1, 0.15) is 10.4 Å². The second-order valence-electron chi connectivity index (χ2n) is 3.61. The van der Waals surface area contributed by atoms with E-state index < -0.39 is 16.0 Å². The number of anilines is 1. The van der Waals surface area contributed by atoms with E-state index in [9.17, 15) is 13.2 Å². The molecular weight excluding hydrogens is 256 g/mol. The molecule has 1 rings (SSSR count). The number of nitrogens with zero attached hydrogens (tertiary/aromatic N) is 1. The molecule has 0 fully saturated rings. The normalized spacial score (nSPS) is 11.1. The summed E-state index contributed by atoms with van der Waals surface area (Å²) in [6.07, 6.45) is 0. The Labute approximate surface area is 106 Å². The van der Waals surface area contributed by atoms with Crippen LogP contribution in [0.2, 0.25) is 0 Å². The molecule has 0 spiro atoms. The summed E-state index contributed by atoms with van der Waals surface area (Å²) in [6, 6.07) is 6.20. The van der Waals surface area contributed by atoms with Crippen molar-refractivity contribution in [3.8, 4) is 0 Å². The van der Waals surface area contributed by atoms with Gasteiger partial charge in [-0.1, -0.05) is 6.07 Å². The summed E-state index contributed by atoms with van der Waals surface area (Å²) in [5, 5.41) is 0. The van der Waals surface area contributed by atoms with Gasteiger partial charge < -0.3 is 10.5 Å². The first-order chi connectivity index (χ1) is 8.42. The van der Waals surface area contributed by atoms with Gasteiger partial charge in [-0.25, -0.2) is 13.2 Å². The summed E-state index contributed by atoms with van der Waals surface area (Å²) in [4.78, 5) is 11.4. The Kier molecular flexibility index (Phi) is 4.69. The topological polar surface area (TPSA) is 89.7 Å². The largest absolute Gasteiger partial charge is 0.465 e. The standard InChI is InChI=1S/C11H16N2O4S/c1-13(18(15,16)7-6-12)10-5-3-4-9(8-10)11(14)17-2/h3-5,8H,6-7,12H2,1-2H3. The first kappa shape index (κ1) is 14.5. The molecule has 18 heavy (non-hydrogen) atoms. The maximum absolute atomic E-state index is 11.8. The zero-order chi connectivity index (χ0) is 13.8. The van der Waals surface area contributed by atoms with E-state index in [-0.39, 0.29) is 12.3 Å². The summed E-state index contributed by atoms with van der Waals surface area (Å²) >= 11 is 0. The third kappa shape index (κ3) is 3.21. The minimum atomic E-state index is -3.46. The van der Waals surface area contributed by atoms with E-state index in [1.54, 1.807) is 18.2 Å². The molecule has 0 bridgehead atoms. The van der Waals surface area contributed by atoms with Crippen LogP contribution in [0.15, 0.2) is 24.3 Å². The molecule has 1 aromatic carbocycles. The van der Waals surface area contributed by atoms with Crippen molar-refractivity contribution in [2.45, 2.75) is 0 Å². The van der Waals surface area contributed by atoms with Gasteiger partial charge in [-0.15, -0.1) is 0 Å². The molecule has 0 amide bonds. The maximum atomic E-state index is 11.8. The fraction of sp³-hybridized carbons (Fsp3) is 0.364. The Morgan fingerprint density at radius 2 is 2.11 bits per heavy atom. The van der Waals surface area contributed by atoms with Crippen molar-refractivity contribution < 1.29 is 17.9 Å². The van der Waals surface area contributed by atoms with E-state index in [4.69, 9.17) is 5.73 Å². The van der Waals surface area contributed by atoms with E-state index in [2.05, 4.69) is 4.74 Å². The highest BCUT2D eigenvalue weighted by Gasteiger charge is 2.18. The van der Waals surface area contributed by atoms with Crippen LogP contribution >= 0.6 is 0 Å².